The lowest BCUT2D eigenvalue weighted by atomic mass is 9.80. The molecule has 4 heteroatoms. The third-order valence-electron chi connectivity index (χ3n) is 5.37. The van der Waals surface area contributed by atoms with Crippen LogP contribution in [0, 0.1) is 0 Å². The molecule has 0 bridgehead atoms. The number of anilines is 1. The van der Waals surface area contributed by atoms with Crippen molar-refractivity contribution in [2.24, 2.45) is 0 Å². The fourth-order valence-corrected chi connectivity index (χ4v) is 4.83. The molecule has 2 atom stereocenters. The van der Waals surface area contributed by atoms with Crippen LogP contribution in [0.15, 0.2) is 53.0 Å². The van der Waals surface area contributed by atoms with Crippen molar-refractivity contribution in [1.82, 2.24) is 4.90 Å². The number of benzene rings is 2. The standard InChI is InChI=1S/C18H19BrN2O/c1-20-11-10-17(22)15-12-14(19)8-9-16(15)21(2)18(17,20)13-6-4-3-5-7-13/h3-9,12,22H,10-11H2,1-2H3/t17-,18-/m0/s1. The Hall–Kier alpha value is -1.36. The molecule has 2 heterocycles. The molecule has 2 aliphatic rings. The molecule has 0 aliphatic carbocycles. The molecule has 0 saturated carbocycles. The fourth-order valence-electron chi connectivity index (χ4n) is 4.47. The van der Waals surface area contributed by atoms with Gasteiger partial charge in [-0.15, -0.1) is 0 Å². The molecule has 22 heavy (non-hydrogen) atoms. The van der Waals surface area contributed by atoms with E-state index in [1.807, 2.05) is 24.3 Å². The summed E-state index contributed by atoms with van der Waals surface area (Å²) in [7, 11) is 4.18. The molecule has 2 aromatic rings. The Morgan fingerprint density at radius 1 is 1.09 bits per heavy atom. The first-order valence-electron chi connectivity index (χ1n) is 7.55. The van der Waals surface area contributed by atoms with Gasteiger partial charge in [0.25, 0.3) is 0 Å². The molecule has 0 radical (unpaired) electrons. The predicted octanol–water partition coefficient (Wildman–Crippen LogP) is 3.28. The van der Waals surface area contributed by atoms with E-state index >= 15 is 0 Å². The molecule has 1 saturated heterocycles. The maximum absolute atomic E-state index is 11.7. The highest BCUT2D eigenvalue weighted by Gasteiger charge is 2.66. The van der Waals surface area contributed by atoms with E-state index < -0.39 is 11.3 Å². The van der Waals surface area contributed by atoms with Crippen molar-refractivity contribution in [3.8, 4) is 0 Å². The van der Waals surface area contributed by atoms with Gasteiger partial charge in [0.1, 0.15) is 5.60 Å². The molecule has 0 amide bonds. The van der Waals surface area contributed by atoms with Gasteiger partial charge in [0.15, 0.2) is 5.66 Å². The molecule has 1 N–H and O–H groups in total. The third-order valence-corrected chi connectivity index (χ3v) is 5.86. The zero-order valence-corrected chi connectivity index (χ0v) is 14.3. The van der Waals surface area contributed by atoms with E-state index in [1.165, 1.54) is 0 Å². The van der Waals surface area contributed by atoms with Crippen LogP contribution >= 0.6 is 15.9 Å². The van der Waals surface area contributed by atoms with Gasteiger partial charge in [0, 0.05) is 29.3 Å². The van der Waals surface area contributed by atoms with Crippen LogP contribution in [0.2, 0.25) is 0 Å². The summed E-state index contributed by atoms with van der Waals surface area (Å²) in [5.74, 6) is 0. The van der Waals surface area contributed by atoms with Gasteiger partial charge in [0.2, 0.25) is 0 Å². The van der Waals surface area contributed by atoms with Gasteiger partial charge in [-0.25, -0.2) is 0 Å². The Balaban J connectivity index is 2.04. The normalized spacial score (nSPS) is 30.5. The Kier molecular flexibility index (Phi) is 2.96. The predicted molar refractivity (Wildman–Crippen MR) is 91.8 cm³/mol. The fraction of sp³-hybridized carbons (Fsp3) is 0.333. The molecule has 0 unspecified atom stereocenters. The highest BCUT2D eigenvalue weighted by molar-refractivity contribution is 9.10. The second kappa shape index (κ2) is 4.57. The first kappa shape index (κ1) is 14.2. The molecule has 114 valence electrons. The summed E-state index contributed by atoms with van der Waals surface area (Å²) < 4.78 is 1.01. The van der Waals surface area contributed by atoms with E-state index in [-0.39, 0.29) is 0 Å². The lowest BCUT2D eigenvalue weighted by molar-refractivity contribution is -0.0535. The highest BCUT2D eigenvalue weighted by atomic mass is 79.9. The Morgan fingerprint density at radius 2 is 1.82 bits per heavy atom. The van der Waals surface area contributed by atoms with Crippen molar-refractivity contribution in [3.63, 3.8) is 0 Å². The maximum atomic E-state index is 11.7. The molecular formula is C18H19BrN2O. The number of halogens is 1. The SMILES string of the molecule is CN1CC[C@]2(O)c3cc(Br)ccc3N(C)[C@]12c1ccccc1. The summed E-state index contributed by atoms with van der Waals surface area (Å²) in [6.45, 7) is 0.863. The largest absolute Gasteiger partial charge is 0.381 e. The summed E-state index contributed by atoms with van der Waals surface area (Å²) in [6, 6.07) is 16.5. The first-order valence-corrected chi connectivity index (χ1v) is 8.34. The summed E-state index contributed by atoms with van der Waals surface area (Å²) in [6.07, 6.45) is 0.728. The molecule has 2 aromatic carbocycles. The molecular weight excluding hydrogens is 340 g/mol. The number of fused-ring (bicyclic) bond motifs is 3. The molecule has 2 aliphatic heterocycles. The van der Waals surface area contributed by atoms with Crippen LogP contribution in [0.4, 0.5) is 5.69 Å². The van der Waals surface area contributed by atoms with Crippen molar-refractivity contribution >= 4 is 21.6 Å². The minimum atomic E-state index is -0.906. The third kappa shape index (κ3) is 1.48. The van der Waals surface area contributed by atoms with E-state index in [9.17, 15) is 5.11 Å². The summed E-state index contributed by atoms with van der Waals surface area (Å²) in [5.41, 5.74) is 1.79. The lowest BCUT2D eigenvalue weighted by Crippen LogP contribution is -2.58. The van der Waals surface area contributed by atoms with Gasteiger partial charge < -0.3 is 10.0 Å². The Morgan fingerprint density at radius 3 is 2.55 bits per heavy atom. The van der Waals surface area contributed by atoms with Gasteiger partial charge in [-0.2, -0.15) is 0 Å². The number of nitrogens with zero attached hydrogens (tertiary/aromatic N) is 2. The van der Waals surface area contributed by atoms with E-state index in [0.717, 1.165) is 34.3 Å². The first-order chi connectivity index (χ1) is 10.5. The van der Waals surface area contributed by atoms with Crippen molar-refractivity contribution in [2.45, 2.75) is 17.7 Å². The van der Waals surface area contributed by atoms with Crippen molar-refractivity contribution in [3.05, 3.63) is 64.1 Å². The van der Waals surface area contributed by atoms with Crippen LogP contribution in [-0.4, -0.2) is 30.6 Å². The Labute approximate surface area is 139 Å². The van der Waals surface area contributed by atoms with Crippen molar-refractivity contribution < 1.29 is 5.11 Å². The van der Waals surface area contributed by atoms with E-state index in [0.29, 0.717) is 0 Å². The molecule has 0 spiro atoms. The average Bonchev–Trinajstić information content (AvgIpc) is 2.90. The summed E-state index contributed by atoms with van der Waals surface area (Å²) in [5, 5.41) is 11.7. The van der Waals surface area contributed by atoms with E-state index in [4.69, 9.17) is 0 Å². The van der Waals surface area contributed by atoms with Crippen LogP contribution in [0.25, 0.3) is 0 Å². The maximum Gasteiger partial charge on any atom is 0.153 e. The molecule has 0 aromatic heterocycles. The van der Waals surface area contributed by atoms with Gasteiger partial charge >= 0.3 is 0 Å². The second-order valence-electron chi connectivity index (χ2n) is 6.29. The zero-order valence-electron chi connectivity index (χ0n) is 12.8. The van der Waals surface area contributed by atoms with Gasteiger partial charge in [-0.05, 0) is 37.2 Å². The van der Waals surface area contributed by atoms with Crippen LogP contribution < -0.4 is 4.90 Å². The van der Waals surface area contributed by atoms with Crippen LogP contribution in [0.5, 0.6) is 0 Å². The second-order valence-corrected chi connectivity index (χ2v) is 7.21. The summed E-state index contributed by atoms with van der Waals surface area (Å²) in [4.78, 5) is 4.51. The zero-order chi connectivity index (χ0) is 15.5. The van der Waals surface area contributed by atoms with Gasteiger partial charge in [0.05, 0.1) is 0 Å². The topological polar surface area (TPSA) is 26.7 Å². The van der Waals surface area contributed by atoms with Crippen molar-refractivity contribution in [1.29, 1.82) is 0 Å². The quantitative estimate of drug-likeness (QED) is 0.847. The minimum absolute atomic E-state index is 0.544. The number of likely N-dealkylation sites (tertiary alicyclic amines) is 1. The van der Waals surface area contributed by atoms with E-state index in [1.54, 1.807) is 0 Å². The van der Waals surface area contributed by atoms with Gasteiger partial charge in [-0.3, -0.25) is 4.90 Å². The number of aliphatic hydroxyl groups is 1. The number of likely N-dealkylation sites (N-methyl/N-ethyl adjacent to an activating group) is 2. The van der Waals surface area contributed by atoms with Crippen LogP contribution in [-0.2, 0) is 11.3 Å². The Bertz CT molecular complexity index is 735. The molecule has 1 fully saturated rings. The monoisotopic (exact) mass is 358 g/mol. The minimum Gasteiger partial charge on any atom is -0.381 e. The van der Waals surface area contributed by atoms with E-state index in [2.05, 4.69) is 64.1 Å². The highest BCUT2D eigenvalue weighted by Crippen LogP contribution is 2.61. The van der Waals surface area contributed by atoms with Crippen LogP contribution in [0.1, 0.15) is 17.5 Å². The molecule has 3 nitrogen and oxygen atoms in total. The average molecular weight is 359 g/mol. The van der Waals surface area contributed by atoms with Crippen molar-refractivity contribution in [2.75, 3.05) is 25.5 Å². The number of hydrogen-bond donors (Lipinski definition) is 1. The smallest absolute Gasteiger partial charge is 0.153 e. The summed E-state index contributed by atoms with van der Waals surface area (Å²) >= 11 is 3.55. The number of rotatable bonds is 1. The molecule has 4 rings (SSSR count). The number of hydrogen-bond acceptors (Lipinski definition) is 3. The van der Waals surface area contributed by atoms with Crippen LogP contribution in [0.3, 0.4) is 0 Å². The van der Waals surface area contributed by atoms with Gasteiger partial charge in [-0.1, -0.05) is 46.3 Å². The lowest BCUT2D eigenvalue weighted by Gasteiger charge is -2.46.